The molecule has 2 heterocycles. The molecule has 0 spiro atoms. The third-order valence-corrected chi connectivity index (χ3v) is 6.81. The number of carbonyl (C=O) groups excluding carboxylic acids is 1. The summed E-state index contributed by atoms with van der Waals surface area (Å²) in [5, 5.41) is 14.8. The molecule has 0 bridgehead atoms. The van der Waals surface area contributed by atoms with Gasteiger partial charge in [-0.1, -0.05) is 41.4 Å². The van der Waals surface area contributed by atoms with Crippen LogP contribution in [0.4, 0.5) is 16.3 Å². The second-order valence-electron chi connectivity index (χ2n) is 8.73. The van der Waals surface area contributed by atoms with E-state index in [9.17, 15) is 4.79 Å². The molecule has 3 N–H and O–H groups in total. The summed E-state index contributed by atoms with van der Waals surface area (Å²) in [6, 6.07) is 12.9. The van der Waals surface area contributed by atoms with Gasteiger partial charge in [0.15, 0.2) is 0 Å². The maximum Gasteiger partial charge on any atom is 0.324 e. The third kappa shape index (κ3) is 7.52. The summed E-state index contributed by atoms with van der Waals surface area (Å²) in [6.07, 6.45) is 3.67. The average molecular weight is 569 g/mol. The quantitative estimate of drug-likeness (QED) is 0.251. The number of nitrogens with zero attached hydrogens (tertiary/aromatic N) is 2. The molecule has 4 rings (SSSR count). The summed E-state index contributed by atoms with van der Waals surface area (Å²) in [5.41, 5.74) is 3.00. The summed E-state index contributed by atoms with van der Waals surface area (Å²) < 4.78 is 12.9. The molecule has 1 aliphatic heterocycles. The van der Waals surface area contributed by atoms with E-state index in [4.69, 9.17) is 32.7 Å². The van der Waals surface area contributed by atoms with Crippen molar-refractivity contribution in [1.29, 1.82) is 0 Å². The highest BCUT2D eigenvalue weighted by molar-refractivity contribution is 6.42. The number of aromatic nitrogens is 2. The van der Waals surface area contributed by atoms with Gasteiger partial charge in [-0.15, -0.1) is 17.5 Å². The van der Waals surface area contributed by atoms with Crippen LogP contribution in [0.1, 0.15) is 30.4 Å². The Morgan fingerprint density at radius 3 is 2.65 bits per heavy atom. The lowest BCUT2D eigenvalue weighted by Crippen LogP contribution is -2.28. The first-order valence-corrected chi connectivity index (χ1v) is 12.8. The van der Waals surface area contributed by atoms with Gasteiger partial charge >= 0.3 is 6.03 Å². The third-order valence-electron chi connectivity index (χ3n) is 6.08. The van der Waals surface area contributed by atoms with Crippen molar-refractivity contribution in [2.45, 2.75) is 38.6 Å². The maximum absolute atomic E-state index is 13.2. The van der Waals surface area contributed by atoms with Crippen molar-refractivity contribution in [3.8, 4) is 11.6 Å². The lowest BCUT2D eigenvalue weighted by molar-refractivity contribution is 0.195. The van der Waals surface area contributed by atoms with Crippen molar-refractivity contribution in [3.05, 3.63) is 63.6 Å². The van der Waals surface area contributed by atoms with Gasteiger partial charge in [-0.25, -0.2) is 9.48 Å². The summed E-state index contributed by atoms with van der Waals surface area (Å²) >= 11 is 12.5. The average Bonchev–Trinajstić information content (AvgIpc) is 3.50. The molecule has 1 aliphatic rings. The minimum Gasteiger partial charge on any atom is -0.475 e. The first kappa shape index (κ1) is 29.1. The minimum absolute atomic E-state index is 0. The number of rotatable bonds is 10. The van der Waals surface area contributed by atoms with Crippen LogP contribution in [0.3, 0.4) is 0 Å². The Morgan fingerprint density at radius 1 is 1.19 bits per heavy atom. The summed E-state index contributed by atoms with van der Waals surface area (Å²) in [5.74, 6) is 1.01. The number of carbonyl (C=O) groups is 1. The Kier molecular flexibility index (Phi) is 10.9. The van der Waals surface area contributed by atoms with Crippen LogP contribution in [0.15, 0.2) is 42.5 Å². The van der Waals surface area contributed by atoms with Crippen LogP contribution < -0.4 is 20.7 Å². The number of para-hydroxylation sites is 1. The highest BCUT2D eigenvalue weighted by atomic mass is 35.5. The van der Waals surface area contributed by atoms with E-state index >= 15 is 0 Å². The second kappa shape index (κ2) is 13.9. The van der Waals surface area contributed by atoms with Crippen LogP contribution in [0.5, 0.6) is 5.88 Å². The number of ether oxygens (including phenoxy) is 2. The molecule has 200 valence electrons. The fourth-order valence-electron chi connectivity index (χ4n) is 4.17. The van der Waals surface area contributed by atoms with Crippen molar-refractivity contribution in [3.63, 3.8) is 0 Å². The van der Waals surface area contributed by atoms with E-state index in [1.807, 2.05) is 37.3 Å². The second-order valence-corrected chi connectivity index (χ2v) is 9.54. The number of urea groups is 1. The Labute approximate surface area is 233 Å². The monoisotopic (exact) mass is 567 g/mol. The van der Waals surface area contributed by atoms with Crippen molar-refractivity contribution >= 4 is 53.1 Å². The highest BCUT2D eigenvalue weighted by Crippen LogP contribution is 2.32. The molecule has 8 nitrogen and oxygen atoms in total. The first-order chi connectivity index (χ1) is 17.5. The number of anilines is 2. The molecule has 3 aromatic rings. The van der Waals surface area contributed by atoms with E-state index in [-0.39, 0.29) is 12.4 Å². The first-order valence-electron chi connectivity index (χ1n) is 12.0. The van der Waals surface area contributed by atoms with Gasteiger partial charge in [0.05, 0.1) is 21.3 Å². The van der Waals surface area contributed by atoms with E-state index in [0.717, 1.165) is 42.6 Å². The van der Waals surface area contributed by atoms with E-state index in [1.165, 1.54) is 0 Å². The molecule has 1 unspecified atom stereocenters. The van der Waals surface area contributed by atoms with Crippen LogP contribution >= 0.6 is 35.6 Å². The number of hydrogen-bond acceptors (Lipinski definition) is 5. The van der Waals surface area contributed by atoms with Crippen LogP contribution in [0.25, 0.3) is 5.69 Å². The van der Waals surface area contributed by atoms with Crippen molar-refractivity contribution in [2.24, 2.45) is 0 Å². The molecule has 0 saturated carbocycles. The standard InChI is InChI=1S/C26H31Cl2N5O3.ClH/c1-17-24(31-26(34)30-23-15-22(28)21(27)14-18(23)8-7-13-35-2)33(20-10-4-3-5-11-20)32-25(17)36-16-19-9-6-12-29-19;/h3-5,10-11,14-15,19,29H,6-9,12-13,16H2,1-2H3,(H2,30,31,34);1H. The highest BCUT2D eigenvalue weighted by Gasteiger charge is 2.22. The molecular weight excluding hydrogens is 537 g/mol. The van der Waals surface area contributed by atoms with Gasteiger partial charge in [-0.05, 0) is 69.0 Å². The van der Waals surface area contributed by atoms with Crippen LogP contribution in [-0.2, 0) is 11.2 Å². The zero-order valence-electron chi connectivity index (χ0n) is 20.9. The largest absolute Gasteiger partial charge is 0.475 e. The summed E-state index contributed by atoms with van der Waals surface area (Å²) in [6.45, 7) is 4.00. The number of methoxy groups -OCH3 is 1. The topological polar surface area (TPSA) is 89.4 Å². The molecule has 1 atom stereocenters. The van der Waals surface area contributed by atoms with Crippen molar-refractivity contribution in [1.82, 2.24) is 15.1 Å². The number of aryl methyl sites for hydroxylation is 1. The molecule has 37 heavy (non-hydrogen) atoms. The summed E-state index contributed by atoms with van der Waals surface area (Å²) in [4.78, 5) is 13.2. The Morgan fingerprint density at radius 2 is 1.95 bits per heavy atom. The zero-order chi connectivity index (χ0) is 25.5. The summed E-state index contributed by atoms with van der Waals surface area (Å²) in [7, 11) is 1.65. The number of halogens is 3. The van der Waals surface area contributed by atoms with Gasteiger partial charge in [-0.2, -0.15) is 0 Å². The Hall–Kier alpha value is -2.49. The van der Waals surface area contributed by atoms with Crippen LogP contribution in [0.2, 0.25) is 10.0 Å². The number of amides is 2. The van der Waals surface area contributed by atoms with Gasteiger partial charge in [0.25, 0.3) is 0 Å². The predicted octanol–water partition coefficient (Wildman–Crippen LogP) is 6.26. The van der Waals surface area contributed by atoms with E-state index in [0.29, 0.717) is 53.1 Å². The fourth-order valence-corrected chi connectivity index (χ4v) is 4.52. The molecule has 11 heteroatoms. The van der Waals surface area contributed by atoms with Crippen LogP contribution in [0, 0.1) is 6.92 Å². The number of hydrogen-bond donors (Lipinski definition) is 3. The van der Waals surface area contributed by atoms with Crippen LogP contribution in [-0.4, -0.2) is 48.7 Å². The van der Waals surface area contributed by atoms with Gasteiger partial charge in [0.1, 0.15) is 12.4 Å². The van der Waals surface area contributed by atoms with E-state index in [1.54, 1.807) is 23.9 Å². The normalized spacial score (nSPS) is 14.8. The zero-order valence-corrected chi connectivity index (χ0v) is 23.2. The Bertz CT molecular complexity index is 1180. The minimum atomic E-state index is -0.425. The Balaban J connectivity index is 0.00000380. The molecule has 2 amide bonds. The maximum atomic E-state index is 13.2. The molecule has 1 aromatic heterocycles. The van der Waals surface area contributed by atoms with Gasteiger partial charge < -0.3 is 20.1 Å². The molecule has 0 radical (unpaired) electrons. The van der Waals surface area contributed by atoms with E-state index in [2.05, 4.69) is 21.0 Å². The molecular formula is C26H32Cl3N5O3. The molecule has 1 saturated heterocycles. The smallest absolute Gasteiger partial charge is 0.324 e. The van der Waals surface area contributed by atoms with Gasteiger partial charge in [-0.3, -0.25) is 5.32 Å². The molecule has 1 fully saturated rings. The predicted molar refractivity (Wildman–Crippen MR) is 151 cm³/mol. The number of benzene rings is 2. The lowest BCUT2D eigenvalue weighted by atomic mass is 10.1. The molecule has 0 aliphatic carbocycles. The van der Waals surface area contributed by atoms with Crippen molar-refractivity contribution < 1.29 is 14.3 Å². The SMILES string of the molecule is COCCCc1cc(Cl)c(Cl)cc1NC(=O)Nc1c(C)c(OCC2CCCN2)nn1-c1ccccc1.Cl. The van der Waals surface area contributed by atoms with Gasteiger partial charge in [0, 0.05) is 25.4 Å². The fraction of sp³-hybridized carbons (Fsp3) is 0.385. The lowest BCUT2D eigenvalue weighted by Gasteiger charge is -2.15. The molecule has 2 aromatic carbocycles. The number of nitrogens with one attached hydrogen (secondary N) is 3. The van der Waals surface area contributed by atoms with Gasteiger partial charge in [0.2, 0.25) is 5.88 Å². The van der Waals surface area contributed by atoms with Crippen molar-refractivity contribution in [2.75, 3.05) is 37.5 Å². The van der Waals surface area contributed by atoms with E-state index < -0.39 is 6.03 Å².